The number of piperazine rings is 1. The van der Waals surface area contributed by atoms with Gasteiger partial charge in [-0.2, -0.15) is 4.31 Å². The minimum absolute atomic E-state index is 0. The topological polar surface area (TPSA) is 90.0 Å². The molecule has 1 amide bonds. The molecule has 2 aliphatic rings. The fourth-order valence-electron chi connectivity index (χ4n) is 3.28. The first kappa shape index (κ1) is 20.6. The van der Waals surface area contributed by atoms with Crippen molar-refractivity contribution in [3.8, 4) is 0 Å². The second-order valence-electron chi connectivity index (χ2n) is 6.36. The van der Waals surface area contributed by atoms with Gasteiger partial charge in [0.05, 0.1) is 17.0 Å². The van der Waals surface area contributed by atoms with Crippen molar-refractivity contribution >= 4 is 39.7 Å². The average molecular weight is 410 g/mol. The van der Waals surface area contributed by atoms with Gasteiger partial charge in [0.25, 0.3) is 0 Å². The van der Waals surface area contributed by atoms with E-state index in [0.717, 1.165) is 9.75 Å². The molecular weight excluding hydrogens is 386 g/mol. The molecule has 2 saturated heterocycles. The first-order valence-corrected chi connectivity index (χ1v) is 10.3. The number of sulfonamides is 1. The molecule has 0 spiro atoms. The van der Waals surface area contributed by atoms with Gasteiger partial charge in [0, 0.05) is 42.5 Å². The van der Waals surface area contributed by atoms with E-state index in [4.69, 9.17) is 0 Å². The van der Waals surface area contributed by atoms with Crippen LogP contribution in [0.5, 0.6) is 0 Å². The van der Waals surface area contributed by atoms with Gasteiger partial charge in [-0.15, -0.1) is 23.7 Å². The predicted octanol–water partition coefficient (Wildman–Crippen LogP) is 0.342. The summed E-state index contributed by atoms with van der Waals surface area (Å²) >= 11 is 1.48. The molecule has 0 saturated carbocycles. The molecule has 25 heavy (non-hydrogen) atoms. The molecule has 7 nitrogen and oxygen atoms in total. The molecule has 3 heterocycles. The van der Waals surface area contributed by atoms with Gasteiger partial charge in [0.2, 0.25) is 15.9 Å². The second-order valence-corrected chi connectivity index (χ2v) is 9.72. The monoisotopic (exact) mass is 409 g/mol. The second kappa shape index (κ2) is 7.89. The van der Waals surface area contributed by atoms with Gasteiger partial charge in [-0.05, 0) is 26.3 Å². The van der Waals surface area contributed by atoms with Gasteiger partial charge < -0.3 is 15.3 Å². The van der Waals surface area contributed by atoms with Crippen molar-refractivity contribution in [3.05, 3.63) is 15.8 Å². The van der Waals surface area contributed by atoms with E-state index in [0.29, 0.717) is 44.0 Å². The first-order chi connectivity index (χ1) is 11.3. The molecule has 2 unspecified atom stereocenters. The van der Waals surface area contributed by atoms with Crippen LogP contribution in [0, 0.1) is 13.8 Å². The maximum atomic E-state index is 12.8. The Kier molecular flexibility index (Phi) is 6.50. The lowest BCUT2D eigenvalue weighted by Crippen LogP contribution is -2.54. The third-order valence-corrected chi connectivity index (χ3v) is 7.69. The summed E-state index contributed by atoms with van der Waals surface area (Å²) in [7, 11) is -3.50. The summed E-state index contributed by atoms with van der Waals surface area (Å²) in [6, 6.07) is 1.36. The van der Waals surface area contributed by atoms with Crippen molar-refractivity contribution in [3.63, 3.8) is 0 Å². The minimum atomic E-state index is -3.50. The number of aryl methyl sites for hydroxylation is 2. The van der Waals surface area contributed by atoms with Crippen LogP contribution in [-0.2, 0) is 14.8 Å². The maximum Gasteiger partial charge on any atom is 0.244 e. The Hall–Kier alpha value is -0.710. The summed E-state index contributed by atoms with van der Waals surface area (Å²) in [5.74, 6) is -0.0499. The fourth-order valence-corrected chi connectivity index (χ4v) is 6.22. The van der Waals surface area contributed by atoms with Gasteiger partial charge in [-0.1, -0.05) is 0 Å². The van der Waals surface area contributed by atoms with E-state index in [2.05, 4.69) is 5.32 Å². The molecule has 2 aliphatic heterocycles. The highest BCUT2D eigenvalue weighted by atomic mass is 35.5. The molecule has 0 bridgehead atoms. The quantitative estimate of drug-likeness (QED) is 0.751. The summed E-state index contributed by atoms with van der Waals surface area (Å²) < 4.78 is 27.0. The van der Waals surface area contributed by atoms with E-state index in [1.165, 1.54) is 15.6 Å². The lowest BCUT2D eigenvalue weighted by molar-refractivity contribution is -0.134. The van der Waals surface area contributed by atoms with Crippen LogP contribution in [0.4, 0.5) is 0 Å². The SMILES string of the molecule is Cc1cc(S(=O)(=O)N2CCN(C(=O)C3CC(O)CN3)CC2)c(C)s1.Cl. The number of rotatable bonds is 3. The highest BCUT2D eigenvalue weighted by molar-refractivity contribution is 7.89. The number of aliphatic hydroxyl groups is 1. The molecule has 1 aromatic rings. The number of thiophene rings is 1. The van der Waals surface area contributed by atoms with Gasteiger partial charge >= 0.3 is 0 Å². The molecule has 2 fully saturated rings. The predicted molar refractivity (Wildman–Crippen MR) is 98.8 cm³/mol. The minimum Gasteiger partial charge on any atom is -0.392 e. The lowest BCUT2D eigenvalue weighted by atomic mass is 10.1. The summed E-state index contributed by atoms with van der Waals surface area (Å²) in [4.78, 5) is 16.3. The number of hydrogen-bond acceptors (Lipinski definition) is 6. The molecule has 3 rings (SSSR count). The molecule has 0 aliphatic carbocycles. The molecule has 0 radical (unpaired) electrons. The zero-order chi connectivity index (χ0) is 17.5. The Morgan fingerprint density at radius 1 is 1.28 bits per heavy atom. The van der Waals surface area contributed by atoms with E-state index < -0.39 is 16.1 Å². The molecule has 2 N–H and O–H groups in total. The number of carbonyl (C=O) groups excluding carboxylic acids is 1. The van der Waals surface area contributed by atoms with Crippen LogP contribution in [0.2, 0.25) is 0 Å². The van der Waals surface area contributed by atoms with E-state index in [1.54, 1.807) is 11.0 Å². The third kappa shape index (κ3) is 4.17. The third-order valence-electron chi connectivity index (χ3n) is 4.57. The molecule has 10 heteroatoms. The van der Waals surface area contributed by atoms with Crippen LogP contribution < -0.4 is 5.32 Å². The number of carbonyl (C=O) groups is 1. The Morgan fingerprint density at radius 3 is 2.40 bits per heavy atom. The number of nitrogens with zero attached hydrogens (tertiary/aromatic N) is 2. The first-order valence-electron chi connectivity index (χ1n) is 8.06. The van der Waals surface area contributed by atoms with Gasteiger partial charge in [0.15, 0.2) is 0 Å². The summed E-state index contributed by atoms with van der Waals surface area (Å²) in [5, 5.41) is 12.5. The molecular formula is C15H24ClN3O4S2. The molecule has 1 aromatic heterocycles. The Labute approximate surface area is 158 Å². The van der Waals surface area contributed by atoms with Gasteiger partial charge in [0.1, 0.15) is 0 Å². The van der Waals surface area contributed by atoms with Crippen LogP contribution in [0.3, 0.4) is 0 Å². The van der Waals surface area contributed by atoms with Crippen LogP contribution in [0.15, 0.2) is 11.0 Å². The lowest BCUT2D eigenvalue weighted by Gasteiger charge is -2.35. The number of aliphatic hydroxyl groups excluding tert-OH is 1. The van der Waals surface area contributed by atoms with Crippen molar-refractivity contribution in [1.29, 1.82) is 0 Å². The Balaban J connectivity index is 0.00000225. The number of amides is 1. The highest BCUT2D eigenvalue weighted by Gasteiger charge is 2.35. The summed E-state index contributed by atoms with van der Waals surface area (Å²) in [5.41, 5.74) is 0. The van der Waals surface area contributed by atoms with Crippen LogP contribution in [-0.4, -0.2) is 73.5 Å². The van der Waals surface area contributed by atoms with Gasteiger partial charge in [-0.25, -0.2) is 8.42 Å². The summed E-state index contributed by atoms with van der Waals surface area (Å²) in [6.45, 7) is 5.53. The van der Waals surface area contributed by atoms with Crippen molar-refractivity contribution in [2.45, 2.75) is 37.3 Å². The number of halogens is 1. The van der Waals surface area contributed by atoms with E-state index in [9.17, 15) is 18.3 Å². The highest BCUT2D eigenvalue weighted by Crippen LogP contribution is 2.28. The van der Waals surface area contributed by atoms with Crippen LogP contribution in [0.25, 0.3) is 0 Å². The van der Waals surface area contributed by atoms with Crippen molar-refractivity contribution in [2.24, 2.45) is 0 Å². The number of β-amino-alcohol motifs (C(OH)–C–C–N with tert-alkyl or cyclic N) is 1. The van der Waals surface area contributed by atoms with Crippen LogP contribution >= 0.6 is 23.7 Å². The van der Waals surface area contributed by atoms with Gasteiger partial charge in [-0.3, -0.25) is 4.79 Å². The van der Waals surface area contributed by atoms with Crippen LogP contribution in [0.1, 0.15) is 16.2 Å². The number of hydrogen-bond donors (Lipinski definition) is 2. The Bertz CT molecular complexity index is 729. The molecule has 2 atom stereocenters. The zero-order valence-electron chi connectivity index (χ0n) is 14.3. The summed E-state index contributed by atoms with van der Waals surface area (Å²) in [6.07, 6.45) is -0.0597. The average Bonchev–Trinajstić information content (AvgIpc) is 3.12. The molecule has 0 aromatic carbocycles. The van der Waals surface area contributed by atoms with Crippen molar-refractivity contribution in [2.75, 3.05) is 32.7 Å². The Morgan fingerprint density at radius 2 is 1.92 bits per heavy atom. The van der Waals surface area contributed by atoms with Crippen molar-refractivity contribution in [1.82, 2.24) is 14.5 Å². The van der Waals surface area contributed by atoms with E-state index in [1.807, 2.05) is 13.8 Å². The van der Waals surface area contributed by atoms with E-state index >= 15 is 0 Å². The van der Waals surface area contributed by atoms with E-state index in [-0.39, 0.29) is 24.4 Å². The zero-order valence-corrected chi connectivity index (χ0v) is 16.7. The standard InChI is InChI=1S/C15H23N3O4S2.ClH/c1-10-7-14(11(2)23-10)24(21,22)18-5-3-17(4-6-18)15(20)13-8-12(19)9-16-13;/h7,12-13,16,19H,3-6,8-9H2,1-2H3;1H. The largest absolute Gasteiger partial charge is 0.392 e. The fraction of sp³-hybridized carbons (Fsp3) is 0.667. The maximum absolute atomic E-state index is 12.8. The molecule has 142 valence electrons. The number of nitrogens with one attached hydrogen (secondary N) is 1. The van der Waals surface area contributed by atoms with Crippen molar-refractivity contribution < 1.29 is 18.3 Å². The smallest absolute Gasteiger partial charge is 0.244 e. The normalized spacial score (nSPS) is 25.0.